The summed E-state index contributed by atoms with van der Waals surface area (Å²) in [4.78, 5) is 88.7. The van der Waals surface area contributed by atoms with Crippen molar-refractivity contribution in [2.45, 2.75) is 75.7 Å². The number of carbonyl (C=O) groups is 7. The average molecular weight is 740 g/mol. The summed E-state index contributed by atoms with van der Waals surface area (Å²) in [7, 11) is 0. The maximum atomic E-state index is 13.7. The summed E-state index contributed by atoms with van der Waals surface area (Å²) in [5, 5.41) is 5.22. The van der Waals surface area contributed by atoms with E-state index < -0.39 is 29.6 Å². The molecule has 14 heteroatoms. The number of nitrogens with two attached hydrogens (primary N) is 1. The Morgan fingerprint density at radius 2 is 1.75 bits per heavy atom. The van der Waals surface area contributed by atoms with Crippen LogP contribution in [-0.2, 0) is 62.5 Å². The van der Waals surface area contributed by atoms with Crippen molar-refractivity contribution < 1.29 is 44.4 Å². The maximum absolute atomic E-state index is 13.7. The quantitative estimate of drug-likeness (QED) is 0.0770. The number of hydrogen-bond acceptors (Lipinski definition) is 11. The fourth-order valence-electron chi connectivity index (χ4n) is 5.74. The number of rotatable bonds is 25. The zero-order valence-corrected chi connectivity index (χ0v) is 30.5. The highest BCUT2D eigenvalue weighted by atomic mass is 32.2. The van der Waals surface area contributed by atoms with Gasteiger partial charge in [0.2, 0.25) is 23.6 Å². The predicted molar refractivity (Wildman–Crippen MR) is 196 cm³/mol. The lowest BCUT2D eigenvalue weighted by Crippen LogP contribution is -2.45. The van der Waals surface area contributed by atoms with Crippen LogP contribution in [0.5, 0.6) is 0 Å². The molecule has 0 aromatic heterocycles. The fraction of sp³-hybridized carbons (Fsp3) is 0.500. The lowest BCUT2D eigenvalue weighted by molar-refractivity contribution is -0.138. The van der Waals surface area contributed by atoms with E-state index >= 15 is 0 Å². The summed E-state index contributed by atoms with van der Waals surface area (Å²) < 4.78 is 17.1. The lowest BCUT2D eigenvalue weighted by Gasteiger charge is -2.22. The number of nitrogens with one attached hydrogen (secondary N) is 2. The van der Waals surface area contributed by atoms with Gasteiger partial charge in [0.15, 0.2) is 7.15 Å². The number of imide groups is 1. The summed E-state index contributed by atoms with van der Waals surface area (Å²) in [6.45, 7) is 0.851. The Kier molecular flexibility index (Phi) is 18.0. The summed E-state index contributed by atoms with van der Waals surface area (Å²) in [5.41, 5.74) is 7.95. The highest BCUT2D eigenvalue weighted by Gasteiger charge is 2.37. The van der Waals surface area contributed by atoms with Gasteiger partial charge < -0.3 is 25.8 Å². The Morgan fingerprint density at radius 1 is 1.02 bits per heavy atom. The van der Waals surface area contributed by atoms with E-state index in [1.54, 1.807) is 30.5 Å². The second-order valence-corrected chi connectivity index (χ2v) is 13.6. The monoisotopic (exact) mass is 739 g/mol. The molecule has 13 nitrogen and oxygen atoms in total. The number of likely N-dealkylation sites (tertiary alicyclic amines) is 1. The van der Waals surface area contributed by atoms with Gasteiger partial charge in [-0.05, 0) is 55.2 Å². The molecule has 4 N–H and O–H groups in total. The number of unbranched alkanes of at least 4 members (excludes halogenated alkanes) is 1. The van der Waals surface area contributed by atoms with E-state index in [0.717, 1.165) is 10.5 Å². The zero-order valence-electron chi connectivity index (χ0n) is 30.6. The SMILES string of the molecule is [2H]C(=O)OCc1ccc(CC(=O)[C@H](CCCCN)NC(=O)[C@@H](CC(=O)CCOCCNC(=O)CCN2C(=O)CC(SC)C2=O)Cc2ccccc2)cc1. The molecule has 1 fully saturated rings. The van der Waals surface area contributed by atoms with Gasteiger partial charge in [0.1, 0.15) is 12.4 Å². The topological polar surface area (TPSA) is 191 Å². The van der Waals surface area contributed by atoms with Crippen LogP contribution in [0.2, 0.25) is 0 Å². The maximum Gasteiger partial charge on any atom is 0.293 e. The second kappa shape index (κ2) is 23.2. The molecule has 2 aromatic rings. The Labute approximate surface area is 310 Å². The lowest BCUT2D eigenvalue weighted by atomic mass is 9.91. The van der Waals surface area contributed by atoms with Gasteiger partial charge in [-0.25, -0.2) is 0 Å². The molecule has 1 heterocycles. The predicted octanol–water partition coefficient (Wildman–Crippen LogP) is 2.31. The van der Waals surface area contributed by atoms with E-state index in [1.165, 1.54) is 11.8 Å². The van der Waals surface area contributed by atoms with Crippen molar-refractivity contribution in [3.05, 3.63) is 71.3 Å². The first-order chi connectivity index (χ1) is 25.5. The van der Waals surface area contributed by atoms with Crippen molar-refractivity contribution in [2.24, 2.45) is 11.7 Å². The first-order valence-corrected chi connectivity index (χ1v) is 18.8. The largest absolute Gasteiger partial charge is 0.463 e. The standard InChI is InChI=1S/C38H50N4O9S/c1-52-34-24-36(47)42(38(34)49)18-14-35(46)40-17-20-50-19-15-31(44)23-30(21-27-7-3-2-4-8-27)37(48)41-32(9-5-6-16-39)33(45)22-28-10-12-29(13-11-28)25-51-26-43/h2-4,7-8,10-13,26,30,32,34H,5-6,9,14-25,39H2,1H3,(H,40,46)(H,41,48)/t30-,32+,34?/m1/s1/i26D. The molecule has 0 aliphatic carbocycles. The molecule has 3 atom stereocenters. The van der Waals surface area contributed by atoms with Crippen LogP contribution in [0.1, 0.15) is 63.0 Å². The molecule has 52 heavy (non-hydrogen) atoms. The van der Waals surface area contributed by atoms with Gasteiger partial charge in [0.25, 0.3) is 6.45 Å². The Balaban J connectivity index is 1.50. The minimum Gasteiger partial charge on any atom is -0.463 e. The van der Waals surface area contributed by atoms with E-state index in [4.69, 9.17) is 16.6 Å². The van der Waals surface area contributed by atoms with Crippen LogP contribution in [0.3, 0.4) is 0 Å². The number of Topliss-reactive ketones (excluding diaryl/α,β-unsaturated/α-hetero) is 2. The molecule has 3 rings (SSSR count). The van der Waals surface area contributed by atoms with Gasteiger partial charge in [-0.1, -0.05) is 54.6 Å². The number of carbonyl (C=O) groups excluding carboxylic acids is 7. The van der Waals surface area contributed by atoms with Crippen LogP contribution in [-0.4, -0.2) is 96.9 Å². The number of ketones is 2. The van der Waals surface area contributed by atoms with Gasteiger partial charge in [-0.15, -0.1) is 0 Å². The third-order valence-electron chi connectivity index (χ3n) is 8.66. The summed E-state index contributed by atoms with van der Waals surface area (Å²) in [5.74, 6) is -2.36. The van der Waals surface area contributed by atoms with Crippen molar-refractivity contribution >= 4 is 53.4 Å². The second-order valence-electron chi connectivity index (χ2n) is 12.6. The van der Waals surface area contributed by atoms with Crippen molar-refractivity contribution in [3.8, 4) is 0 Å². The molecule has 0 spiro atoms. The van der Waals surface area contributed by atoms with Crippen LogP contribution in [0, 0.1) is 5.92 Å². The fourth-order valence-corrected chi connectivity index (χ4v) is 6.38. The minimum absolute atomic E-state index is 0.0116. The molecule has 0 bridgehead atoms. The number of ether oxygens (including phenoxy) is 2. The number of thioether (sulfide) groups is 1. The summed E-state index contributed by atoms with van der Waals surface area (Å²) in [6.07, 6.45) is 2.83. The van der Waals surface area contributed by atoms with Crippen molar-refractivity contribution in [2.75, 3.05) is 39.1 Å². The van der Waals surface area contributed by atoms with E-state index in [9.17, 15) is 33.6 Å². The van der Waals surface area contributed by atoms with Gasteiger partial charge in [0, 0.05) is 51.1 Å². The first kappa shape index (κ1) is 40.4. The Morgan fingerprint density at radius 3 is 2.42 bits per heavy atom. The number of amides is 4. The van der Waals surface area contributed by atoms with Crippen molar-refractivity contribution in [1.82, 2.24) is 15.5 Å². The normalized spacial score (nSPS) is 15.5. The summed E-state index contributed by atoms with van der Waals surface area (Å²) >= 11 is 1.32. The molecule has 282 valence electrons. The van der Waals surface area contributed by atoms with Crippen molar-refractivity contribution in [1.29, 1.82) is 0 Å². The zero-order chi connectivity index (χ0) is 38.6. The van der Waals surface area contributed by atoms with Crippen LogP contribution in [0.4, 0.5) is 0 Å². The smallest absolute Gasteiger partial charge is 0.293 e. The molecule has 2 aromatic carbocycles. The van der Waals surface area contributed by atoms with Crippen LogP contribution in [0.15, 0.2) is 54.6 Å². The molecule has 1 saturated heterocycles. The molecule has 1 unspecified atom stereocenters. The molecular formula is C38H50N4O9S. The molecule has 0 radical (unpaired) electrons. The minimum atomic E-state index is -1.13. The van der Waals surface area contributed by atoms with E-state index in [2.05, 4.69) is 10.6 Å². The average Bonchev–Trinajstić information content (AvgIpc) is 3.42. The first-order valence-electron chi connectivity index (χ1n) is 18.0. The highest BCUT2D eigenvalue weighted by Crippen LogP contribution is 2.23. The molecule has 1 aliphatic heterocycles. The third-order valence-corrected chi connectivity index (χ3v) is 9.60. The number of benzene rings is 2. The van der Waals surface area contributed by atoms with Crippen LogP contribution >= 0.6 is 11.8 Å². The Bertz CT molecular complexity index is 1540. The molecular weight excluding hydrogens is 689 g/mol. The highest BCUT2D eigenvalue weighted by molar-refractivity contribution is 8.00. The van der Waals surface area contributed by atoms with Gasteiger partial charge in [-0.3, -0.25) is 38.5 Å². The molecule has 1 aliphatic rings. The number of nitrogens with zero attached hydrogens (tertiary/aromatic N) is 1. The van der Waals surface area contributed by atoms with E-state index in [-0.39, 0.29) is 94.3 Å². The molecule has 0 saturated carbocycles. The van der Waals surface area contributed by atoms with Crippen molar-refractivity contribution in [3.63, 3.8) is 0 Å². The molecule has 4 amide bonds. The van der Waals surface area contributed by atoms with Crippen LogP contribution < -0.4 is 16.4 Å². The van der Waals surface area contributed by atoms with Gasteiger partial charge in [0.05, 0.1) is 24.5 Å². The Hall–Kier alpha value is -4.40. The van der Waals surface area contributed by atoms with E-state index in [1.807, 2.05) is 30.3 Å². The van der Waals surface area contributed by atoms with Gasteiger partial charge >= 0.3 is 0 Å². The van der Waals surface area contributed by atoms with E-state index in [0.29, 0.717) is 43.4 Å². The van der Waals surface area contributed by atoms with Crippen LogP contribution in [0.25, 0.3) is 0 Å². The third kappa shape index (κ3) is 14.7. The summed E-state index contributed by atoms with van der Waals surface area (Å²) in [6, 6.07) is 15.4. The van der Waals surface area contributed by atoms with Gasteiger partial charge in [-0.2, -0.15) is 11.8 Å². The number of hydrogen-bond donors (Lipinski definition) is 3.